The van der Waals surface area contributed by atoms with E-state index in [1.807, 2.05) is 6.20 Å². The first kappa shape index (κ1) is 10.5. The Bertz CT molecular complexity index is 274. The Morgan fingerprint density at radius 1 is 1.54 bits per heavy atom. The van der Waals surface area contributed by atoms with E-state index in [-0.39, 0.29) is 0 Å². The molecule has 0 bridgehead atoms. The van der Waals surface area contributed by atoms with Crippen LogP contribution in [-0.2, 0) is 6.42 Å². The van der Waals surface area contributed by atoms with Crippen LogP contribution >= 0.6 is 11.8 Å². The SMILES string of the molecule is CSc1c(CCCN)ccnc1C. The van der Waals surface area contributed by atoms with E-state index in [1.54, 1.807) is 11.8 Å². The van der Waals surface area contributed by atoms with Gasteiger partial charge in [-0.1, -0.05) is 0 Å². The lowest BCUT2D eigenvalue weighted by atomic mass is 10.1. The van der Waals surface area contributed by atoms with Crippen molar-refractivity contribution in [3.8, 4) is 0 Å². The second-order valence-electron chi connectivity index (χ2n) is 2.98. The van der Waals surface area contributed by atoms with Gasteiger partial charge in [-0.05, 0) is 44.2 Å². The molecule has 0 atom stereocenters. The van der Waals surface area contributed by atoms with E-state index in [9.17, 15) is 0 Å². The van der Waals surface area contributed by atoms with Crippen molar-refractivity contribution in [1.82, 2.24) is 4.98 Å². The van der Waals surface area contributed by atoms with Crippen molar-refractivity contribution in [2.75, 3.05) is 12.8 Å². The molecule has 2 N–H and O–H groups in total. The Morgan fingerprint density at radius 3 is 2.92 bits per heavy atom. The van der Waals surface area contributed by atoms with Gasteiger partial charge < -0.3 is 5.73 Å². The molecule has 0 aromatic carbocycles. The quantitative estimate of drug-likeness (QED) is 0.749. The molecule has 72 valence electrons. The van der Waals surface area contributed by atoms with Crippen molar-refractivity contribution in [2.24, 2.45) is 5.73 Å². The van der Waals surface area contributed by atoms with E-state index >= 15 is 0 Å². The Hall–Kier alpha value is -0.540. The third-order valence-electron chi connectivity index (χ3n) is 2.02. The summed E-state index contributed by atoms with van der Waals surface area (Å²) < 4.78 is 0. The molecule has 0 saturated carbocycles. The number of aromatic nitrogens is 1. The summed E-state index contributed by atoms with van der Waals surface area (Å²) in [6.45, 7) is 2.81. The summed E-state index contributed by atoms with van der Waals surface area (Å²) in [5.41, 5.74) is 7.99. The smallest absolute Gasteiger partial charge is 0.0510 e. The van der Waals surface area contributed by atoms with Crippen molar-refractivity contribution >= 4 is 11.8 Å². The summed E-state index contributed by atoms with van der Waals surface area (Å²) in [6, 6.07) is 2.09. The standard InChI is InChI=1S/C10H16N2S/c1-8-10(13-2)9(4-3-6-11)5-7-12-8/h5,7H,3-4,6,11H2,1-2H3. The van der Waals surface area contributed by atoms with Gasteiger partial charge in [-0.3, -0.25) is 4.98 Å². The van der Waals surface area contributed by atoms with Gasteiger partial charge in [-0.25, -0.2) is 0 Å². The van der Waals surface area contributed by atoms with Crippen LogP contribution in [0.25, 0.3) is 0 Å². The molecule has 0 aliphatic rings. The molecule has 0 aliphatic heterocycles. The third-order valence-corrected chi connectivity index (χ3v) is 2.98. The lowest BCUT2D eigenvalue weighted by Crippen LogP contribution is -2.02. The summed E-state index contributed by atoms with van der Waals surface area (Å²) in [6.07, 6.45) is 6.09. The molecule has 1 rings (SSSR count). The zero-order valence-electron chi connectivity index (χ0n) is 8.21. The average Bonchev–Trinajstić information content (AvgIpc) is 2.15. The fraction of sp³-hybridized carbons (Fsp3) is 0.500. The molecule has 0 fully saturated rings. The van der Waals surface area contributed by atoms with Gasteiger partial charge >= 0.3 is 0 Å². The second-order valence-corrected chi connectivity index (χ2v) is 3.80. The van der Waals surface area contributed by atoms with Crippen LogP contribution in [0.15, 0.2) is 17.2 Å². The summed E-state index contributed by atoms with van der Waals surface area (Å²) in [7, 11) is 0. The second kappa shape index (κ2) is 5.25. The maximum atomic E-state index is 5.48. The van der Waals surface area contributed by atoms with Gasteiger partial charge in [0, 0.05) is 11.1 Å². The monoisotopic (exact) mass is 196 g/mol. The van der Waals surface area contributed by atoms with Crippen LogP contribution in [0, 0.1) is 6.92 Å². The predicted octanol–water partition coefficient (Wildman–Crippen LogP) is 2.00. The minimum Gasteiger partial charge on any atom is -0.330 e. The molecular formula is C10H16N2S. The zero-order chi connectivity index (χ0) is 9.68. The predicted molar refractivity (Wildman–Crippen MR) is 58.1 cm³/mol. The Balaban J connectivity index is 2.85. The summed E-state index contributed by atoms with van der Waals surface area (Å²) in [5.74, 6) is 0. The maximum Gasteiger partial charge on any atom is 0.0510 e. The van der Waals surface area contributed by atoms with E-state index in [0.717, 1.165) is 25.1 Å². The maximum absolute atomic E-state index is 5.48. The molecule has 1 heterocycles. The molecule has 2 nitrogen and oxygen atoms in total. The number of thioether (sulfide) groups is 1. The number of pyridine rings is 1. The molecule has 0 amide bonds. The molecule has 0 aliphatic carbocycles. The van der Waals surface area contributed by atoms with Crippen molar-refractivity contribution in [3.63, 3.8) is 0 Å². The molecule has 13 heavy (non-hydrogen) atoms. The van der Waals surface area contributed by atoms with Crippen LogP contribution in [0.5, 0.6) is 0 Å². The molecular weight excluding hydrogens is 180 g/mol. The van der Waals surface area contributed by atoms with Crippen LogP contribution in [0.4, 0.5) is 0 Å². The number of aryl methyl sites for hydroxylation is 2. The fourth-order valence-electron chi connectivity index (χ4n) is 1.37. The number of rotatable bonds is 4. The lowest BCUT2D eigenvalue weighted by molar-refractivity contribution is 0.813. The largest absolute Gasteiger partial charge is 0.330 e. The summed E-state index contributed by atoms with van der Waals surface area (Å²) >= 11 is 1.77. The fourth-order valence-corrected chi connectivity index (χ4v) is 2.15. The molecule has 0 spiro atoms. The van der Waals surface area contributed by atoms with Crippen LogP contribution < -0.4 is 5.73 Å². The number of hydrogen-bond donors (Lipinski definition) is 1. The van der Waals surface area contributed by atoms with Crippen LogP contribution in [-0.4, -0.2) is 17.8 Å². The average molecular weight is 196 g/mol. The van der Waals surface area contributed by atoms with Gasteiger partial charge in [0.2, 0.25) is 0 Å². The van der Waals surface area contributed by atoms with E-state index < -0.39 is 0 Å². The number of hydrogen-bond acceptors (Lipinski definition) is 3. The van der Waals surface area contributed by atoms with Crippen LogP contribution in [0.1, 0.15) is 17.7 Å². The minimum absolute atomic E-state index is 0.759. The molecule has 0 radical (unpaired) electrons. The van der Waals surface area contributed by atoms with Gasteiger partial charge in [0.25, 0.3) is 0 Å². The highest BCUT2D eigenvalue weighted by Gasteiger charge is 2.04. The summed E-state index contributed by atoms with van der Waals surface area (Å²) in [5, 5.41) is 0. The number of nitrogens with zero attached hydrogens (tertiary/aromatic N) is 1. The first-order valence-corrected chi connectivity index (χ1v) is 5.70. The third kappa shape index (κ3) is 2.71. The van der Waals surface area contributed by atoms with Gasteiger partial charge in [0.1, 0.15) is 0 Å². The van der Waals surface area contributed by atoms with Crippen molar-refractivity contribution < 1.29 is 0 Å². The molecule has 0 saturated heterocycles. The topological polar surface area (TPSA) is 38.9 Å². The van der Waals surface area contributed by atoms with Crippen molar-refractivity contribution in [2.45, 2.75) is 24.7 Å². The van der Waals surface area contributed by atoms with Crippen molar-refractivity contribution in [1.29, 1.82) is 0 Å². The van der Waals surface area contributed by atoms with Crippen LogP contribution in [0.3, 0.4) is 0 Å². The Kier molecular flexibility index (Phi) is 4.25. The normalized spacial score (nSPS) is 10.4. The first-order valence-electron chi connectivity index (χ1n) is 4.48. The highest BCUT2D eigenvalue weighted by Crippen LogP contribution is 2.23. The van der Waals surface area contributed by atoms with E-state index in [1.165, 1.54) is 10.5 Å². The molecule has 0 unspecified atom stereocenters. The summed E-state index contributed by atoms with van der Waals surface area (Å²) in [4.78, 5) is 5.58. The van der Waals surface area contributed by atoms with E-state index in [4.69, 9.17) is 5.73 Å². The molecule has 3 heteroatoms. The van der Waals surface area contributed by atoms with Gasteiger partial charge in [0.15, 0.2) is 0 Å². The first-order chi connectivity index (χ1) is 6.29. The highest BCUT2D eigenvalue weighted by molar-refractivity contribution is 7.98. The lowest BCUT2D eigenvalue weighted by Gasteiger charge is -2.08. The van der Waals surface area contributed by atoms with Gasteiger partial charge in [-0.15, -0.1) is 11.8 Å². The van der Waals surface area contributed by atoms with E-state index in [0.29, 0.717) is 0 Å². The molecule has 1 aromatic rings. The minimum atomic E-state index is 0.759. The van der Waals surface area contributed by atoms with E-state index in [2.05, 4.69) is 24.2 Å². The Labute approximate surface area is 83.9 Å². The van der Waals surface area contributed by atoms with Crippen molar-refractivity contribution in [3.05, 3.63) is 23.5 Å². The van der Waals surface area contributed by atoms with Crippen LogP contribution in [0.2, 0.25) is 0 Å². The zero-order valence-corrected chi connectivity index (χ0v) is 9.03. The molecule has 1 aromatic heterocycles. The van der Waals surface area contributed by atoms with Gasteiger partial charge in [-0.2, -0.15) is 0 Å². The van der Waals surface area contributed by atoms with Gasteiger partial charge in [0.05, 0.1) is 5.69 Å². The number of nitrogens with two attached hydrogens (primary N) is 1. The highest BCUT2D eigenvalue weighted by atomic mass is 32.2. The Morgan fingerprint density at radius 2 is 2.31 bits per heavy atom.